The van der Waals surface area contributed by atoms with Crippen LogP contribution in [0.5, 0.6) is 0 Å². The molecule has 3 atom stereocenters. The van der Waals surface area contributed by atoms with E-state index in [0.29, 0.717) is 12.1 Å². The fourth-order valence-electron chi connectivity index (χ4n) is 5.12. The molecule has 5 rings (SSSR count). The van der Waals surface area contributed by atoms with Gasteiger partial charge in [0.2, 0.25) is 0 Å². The van der Waals surface area contributed by atoms with E-state index in [1.165, 1.54) is 29.5 Å². The maximum atomic E-state index is 12.0. The fraction of sp³-hybridized carbons (Fsp3) is 0.450. The molecule has 3 heterocycles. The molecular weight excluding hydrogens is 286 g/mol. The summed E-state index contributed by atoms with van der Waals surface area (Å²) in [5, 5.41) is 0. The molecule has 4 aliphatic rings. The van der Waals surface area contributed by atoms with E-state index in [2.05, 4.69) is 42.2 Å². The zero-order valence-electron chi connectivity index (χ0n) is 13.4. The normalized spacial score (nSPS) is 35.3. The van der Waals surface area contributed by atoms with Crippen LogP contribution in [-0.4, -0.2) is 35.1 Å². The van der Waals surface area contributed by atoms with Gasteiger partial charge >= 0.3 is 5.97 Å². The summed E-state index contributed by atoms with van der Waals surface area (Å²) in [5.74, 6) is -0.159. The second kappa shape index (κ2) is 4.57. The smallest absolute Gasteiger partial charge is 0.332 e. The van der Waals surface area contributed by atoms with Gasteiger partial charge in [0.15, 0.2) is 5.60 Å². The van der Waals surface area contributed by atoms with Gasteiger partial charge in [-0.15, -0.1) is 0 Å². The van der Waals surface area contributed by atoms with Gasteiger partial charge in [0.25, 0.3) is 0 Å². The highest BCUT2D eigenvalue weighted by Crippen LogP contribution is 2.55. The molecule has 0 saturated carbocycles. The first-order valence-electron chi connectivity index (χ1n) is 8.67. The maximum absolute atomic E-state index is 12.0. The molecule has 2 bridgehead atoms. The van der Waals surface area contributed by atoms with Gasteiger partial charge in [-0.25, -0.2) is 4.79 Å². The van der Waals surface area contributed by atoms with Gasteiger partial charge in [0, 0.05) is 24.1 Å². The minimum absolute atomic E-state index is 0.159. The van der Waals surface area contributed by atoms with Crippen molar-refractivity contribution in [3.63, 3.8) is 0 Å². The van der Waals surface area contributed by atoms with Crippen molar-refractivity contribution in [3.05, 3.63) is 53.1 Å². The van der Waals surface area contributed by atoms with Crippen LogP contribution >= 0.6 is 0 Å². The van der Waals surface area contributed by atoms with Gasteiger partial charge in [-0.2, -0.15) is 0 Å². The highest BCUT2D eigenvalue weighted by Gasteiger charge is 2.61. The van der Waals surface area contributed by atoms with E-state index >= 15 is 0 Å². The number of benzene rings is 1. The van der Waals surface area contributed by atoms with E-state index in [1.54, 1.807) is 6.08 Å². The van der Waals surface area contributed by atoms with Crippen LogP contribution in [0.3, 0.4) is 0 Å². The predicted octanol–water partition coefficient (Wildman–Crippen LogP) is 3.24. The molecule has 1 aromatic rings. The highest BCUT2D eigenvalue weighted by atomic mass is 16.6. The molecule has 1 aliphatic carbocycles. The van der Waals surface area contributed by atoms with Crippen molar-refractivity contribution in [1.82, 2.24) is 4.90 Å². The molecule has 23 heavy (non-hydrogen) atoms. The molecule has 3 nitrogen and oxygen atoms in total. The molecule has 0 unspecified atom stereocenters. The number of carbonyl (C=O) groups is 1. The number of piperidine rings is 1. The second-order valence-corrected chi connectivity index (χ2v) is 7.35. The number of carbonyl (C=O) groups excluding carboxylic acids is 1. The Kier molecular flexibility index (Phi) is 2.70. The monoisotopic (exact) mass is 307 g/mol. The lowest BCUT2D eigenvalue weighted by Crippen LogP contribution is -2.48. The maximum Gasteiger partial charge on any atom is 0.332 e. The number of esters is 1. The summed E-state index contributed by atoms with van der Waals surface area (Å²) in [6.07, 6.45) is 8.51. The molecule has 3 aliphatic heterocycles. The van der Waals surface area contributed by atoms with Crippen molar-refractivity contribution in [3.8, 4) is 0 Å². The number of nitrogens with zero attached hydrogens (tertiary/aromatic N) is 1. The number of aryl methyl sites for hydroxylation is 1. The van der Waals surface area contributed by atoms with E-state index in [4.69, 9.17) is 4.74 Å². The Morgan fingerprint density at radius 3 is 3.04 bits per heavy atom. The summed E-state index contributed by atoms with van der Waals surface area (Å²) in [4.78, 5) is 14.6. The molecule has 2 saturated heterocycles. The van der Waals surface area contributed by atoms with Crippen LogP contribution in [0.4, 0.5) is 0 Å². The quantitative estimate of drug-likeness (QED) is 0.746. The molecule has 0 aromatic heterocycles. The fourth-order valence-corrected chi connectivity index (χ4v) is 5.12. The lowest BCUT2D eigenvalue weighted by atomic mass is 9.77. The van der Waals surface area contributed by atoms with Crippen LogP contribution in [0.2, 0.25) is 0 Å². The summed E-state index contributed by atoms with van der Waals surface area (Å²) in [6.45, 7) is 3.25. The van der Waals surface area contributed by atoms with Crippen molar-refractivity contribution in [2.75, 3.05) is 6.54 Å². The van der Waals surface area contributed by atoms with E-state index < -0.39 is 0 Å². The molecule has 2 fully saturated rings. The van der Waals surface area contributed by atoms with Crippen molar-refractivity contribution in [2.45, 2.75) is 50.3 Å². The van der Waals surface area contributed by atoms with Crippen molar-refractivity contribution in [1.29, 1.82) is 0 Å². The third-order valence-electron chi connectivity index (χ3n) is 6.05. The summed E-state index contributed by atoms with van der Waals surface area (Å²) in [7, 11) is 0. The predicted molar refractivity (Wildman–Crippen MR) is 88.8 cm³/mol. The summed E-state index contributed by atoms with van der Waals surface area (Å²) < 4.78 is 5.90. The van der Waals surface area contributed by atoms with E-state index in [9.17, 15) is 4.79 Å². The van der Waals surface area contributed by atoms with Gasteiger partial charge in [-0.3, -0.25) is 4.90 Å². The average Bonchev–Trinajstić information content (AvgIpc) is 3.03. The average molecular weight is 307 g/mol. The minimum Gasteiger partial charge on any atom is -0.449 e. The van der Waals surface area contributed by atoms with Gasteiger partial charge in [0.05, 0.1) is 6.04 Å². The largest absolute Gasteiger partial charge is 0.449 e. The van der Waals surface area contributed by atoms with E-state index in [1.807, 2.05) is 0 Å². The third kappa shape index (κ3) is 1.77. The topological polar surface area (TPSA) is 29.5 Å². The third-order valence-corrected chi connectivity index (χ3v) is 6.05. The number of hydrogen-bond donors (Lipinski definition) is 0. The Bertz CT molecular complexity index is 763. The van der Waals surface area contributed by atoms with Crippen LogP contribution in [-0.2, 0) is 9.53 Å². The highest BCUT2D eigenvalue weighted by molar-refractivity contribution is 5.91. The van der Waals surface area contributed by atoms with Gasteiger partial charge < -0.3 is 4.74 Å². The SMILES string of the molecule is Cc1cccc(C2=CC3=CC(=O)O[C@@]34C[C@@H]2N2CCCC[C@@H]24)c1. The number of fused-ring (bicyclic) bond motifs is 3. The summed E-state index contributed by atoms with van der Waals surface area (Å²) in [6, 6.07) is 9.45. The van der Waals surface area contributed by atoms with Crippen molar-refractivity contribution in [2.24, 2.45) is 0 Å². The van der Waals surface area contributed by atoms with E-state index in [0.717, 1.165) is 25.0 Å². The van der Waals surface area contributed by atoms with Crippen LogP contribution < -0.4 is 0 Å². The van der Waals surface area contributed by atoms with Gasteiger partial charge in [0.1, 0.15) is 0 Å². The van der Waals surface area contributed by atoms with E-state index in [-0.39, 0.29) is 11.6 Å². The first-order chi connectivity index (χ1) is 11.2. The molecule has 0 radical (unpaired) electrons. The van der Waals surface area contributed by atoms with Crippen molar-refractivity contribution < 1.29 is 9.53 Å². The molecule has 118 valence electrons. The number of ether oxygens (including phenoxy) is 1. The molecule has 1 aromatic carbocycles. The molecule has 3 heteroatoms. The number of rotatable bonds is 1. The lowest BCUT2D eigenvalue weighted by Gasteiger charge is -2.37. The Labute approximate surface area is 136 Å². The molecular formula is C20H21NO2. The van der Waals surface area contributed by atoms with Gasteiger partial charge in [-0.1, -0.05) is 36.2 Å². The number of hydrogen-bond acceptors (Lipinski definition) is 3. The van der Waals surface area contributed by atoms with Crippen LogP contribution in [0.1, 0.15) is 36.8 Å². The molecule has 1 spiro atoms. The first kappa shape index (κ1) is 13.6. The van der Waals surface area contributed by atoms with Crippen molar-refractivity contribution >= 4 is 11.5 Å². The van der Waals surface area contributed by atoms with Crippen LogP contribution in [0.15, 0.2) is 42.0 Å². The molecule has 0 amide bonds. The Hall–Kier alpha value is -1.87. The van der Waals surface area contributed by atoms with Crippen LogP contribution in [0, 0.1) is 6.92 Å². The van der Waals surface area contributed by atoms with Gasteiger partial charge in [-0.05, 0) is 43.5 Å². The summed E-state index contributed by atoms with van der Waals surface area (Å²) >= 11 is 0. The zero-order valence-corrected chi connectivity index (χ0v) is 13.4. The Balaban J connectivity index is 1.67. The Morgan fingerprint density at radius 2 is 2.17 bits per heavy atom. The zero-order chi connectivity index (χ0) is 15.6. The summed E-state index contributed by atoms with van der Waals surface area (Å²) in [5.41, 5.74) is 4.66. The first-order valence-corrected chi connectivity index (χ1v) is 8.67. The van der Waals surface area contributed by atoms with Crippen LogP contribution in [0.25, 0.3) is 5.57 Å². The minimum atomic E-state index is -0.366. The second-order valence-electron chi connectivity index (χ2n) is 7.35. The molecule has 0 N–H and O–H groups in total. The standard InChI is InChI=1S/C20H21NO2/c1-13-5-4-6-14(9-13)16-10-15-11-19(22)23-20(15)12-17(16)21-8-3-2-7-18(20)21/h4-6,9-11,17-18H,2-3,7-8,12H2,1H3/t17-,18+,20-/m0/s1. The Morgan fingerprint density at radius 1 is 1.26 bits per heavy atom. The lowest BCUT2D eigenvalue weighted by molar-refractivity contribution is -0.148.